The van der Waals surface area contributed by atoms with Gasteiger partial charge in [0.05, 0.1) is 11.4 Å². The van der Waals surface area contributed by atoms with Crippen LogP contribution in [0.15, 0.2) is 55.3 Å². The molecular weight excluding hydrogens is 404 g/mol. The Bertz CT molecular complexity index is 1000. The van der Waals surface area contributed by atoms with Crippen molar-refractivity contribution in [2.75, 3.05) is 50.9 Å². The minimum absolute atomic E-state index is 0.348. The minimum atomic E-state index is 0.348. The number of nitrogens with one attached hydrogen (secondary N) is 2. The maximum absolute atomic E-state index is 6.72. The topological polar surface area (TPSA) is 30.5 Å². The third-order valence-electron chi connectivity index (χ3n) is 6.91. The Labute approximate surface area is 191 Å². The average molecular weight is 437 g/mol. The van der Waals surface area contributed by atoms with E-state index in [-0.39, 0.29) is 0 Å². The van der Waals surface area contributed by atoms with Crippen LogP contribution in [-0.2, 0) is 0 Å². The number of halogens is 1. The van der Waals surface area contributed by atoms with Gasteiger partial charge >= 0.3 is 0 Å². The molecule has 4 rings (SSSR count). The smallest absolute Gasteiger partial charge is 0.0579 e. The molecule has 0 bridgehead atoms. The number of piperazine rings is 1. The largest absolute Gasteiger partial charge is 0.386 e. The number of rotatable bonds is 7. The molecule has 2 fully saturated rings. The molecule has 2 aromatic rings. The van der Waals surface area contributed by atoms with Crippen molar-refractivity contribution in [1.82, 2.24) is 9.80 Å². The number of benzene rings is 2. The van der Waals surface area contributed by atoms with Gasteiger partial charge in [-0.25, -0.2) is 0 Å². The van der Waals surface area contributed by atoms with Crippen molar-refractivity contribution >= 4 is 28.7 Å². The molecule has 0 unspecified atom stereocenters. The molecule has 4 nitrogen and oxygen atoms in total. The molecule has 0 aromatic heterocycles. The lowest BCUT2D eigenvalue weighted by atomic mass is 10.0. The predicted octanol–water partition coefficient (Wildman–Crippen LogP) is 5.99. The number of allylic oxidation sites excluding steroid dienone is 1. The molecule has 2 aromatic carbocycles. The highest BCUT2D eigenvalue weighted by Gasteiger charge is 2.42. The Morgan fingerprint density at radius 3 is 2.13 bits per heavy atom. The molecule has 0 atom stereocenters. The standard InChI is InChI=1S/C26H33ClN4/c1-18(30-12-14-31(15-13-30)19(2)26(3)10-11-26)20-6-8-22(23(27)16-20)21-7-9-24(28-4)25(17-21)29-5/h6-9,16-17,28-29H,1-2,10-15H2,3-5H3. The predicted molar refractivity (Wildman–Crippen MR) is 135 cm³/mol. The Kier molecular flexibility index (Phi) is 5.94. The van der Waals surface area contributed by atoms with Crippen LogP contribution in [0.3, 0.4) is 0 Å². The van der Waals surface area contributed by atoms with Gasteiger partial charge in [0, 0.05) is 67.7 Å². The Morgan fingerprint density at radius 2 is 1.55 bits per heavy atom. The summed E-state index contributed by atoms with van der Waals surface area (Å²) in [5.74, 6) is 0. The van der Waals surface area contributed by atoms with Gasteiger partial charge < -0.3 is 20.4 Å². The number of nitrogens with zero attached hydrogens (tertiary/aromatic N) is 2. The zero-order chi connectivity index (χ0) is 22.2. The van der Waals surface area contributed by atoms with Crippen molar-refractivity contribution < 1.29 is 0 Å². The maximum Gasteiger partial charge on any atom is 0.0579 e. The van der Waals surface area contributed by atoms with E-state index in [0.29, 0.717) is 5.41 Å². The molecule has 0 spiro atoms. The summed E-state index contributed by atoms with van der Waals surface area (Å²) in [7, 11) is 3.85. The normalized spacial score (nSPS) is 17.3. The summed E-state index contributed by atoms with van der Waals surface area (Å²) >= 11 is 6.72. The van der Waals surface area contributed by atoms with Gasteiger partial charge in [0.2, 0.25) is 0 Å². The summed E-state index contributed by atoms with van der Waals surface area (Å²) in [6, 6.07) is 12.6. The first-order chi connectivity index (χ1) is 14.9. The first kappa shape index (κ1) is 21.6. The second-order valence-electron chi connectivity index (χ2n) is 8.88. The summed E-state index contributed by atoms with van der Waals surface area (Å²) in [5.41, 5.74) is 8.00. The number of anilines is 2. The fraction of sp³-hybridized carbons (Fsp3) is 0.385. The van der Waals surface area contributed by atoms with Gasteiger partial charge in [-0.1, -0.05) is 49.9 Å². The fourth-order valence-electron chi connectivity index (χ4n) is 4.35. The van der Waals surface area contributed by atoms with Gasteiger partial charge in [0.15, 0.2) is 0 Å². The molecule has 1 saturated carbocycles. The van der Waals surface area contributed by atoms with Crippen LogP contribution >= 0.6 is 11.6 Å². The van der Waals surface area contributed by atoms with E-state index in [1.807, 2.05) is 20.2 Å². The number of hydrogen-bond acceptors (Lipinski definition) is 4. The van der Waals surface area contributed by atoms with Crippen molar-refractivity contribution in [2.24, 2.45) is 5.41 Å². The van der Waals surface area contributed by atoms with Gasteiger partial charge in [-0.2, -0.15) is 0 Å². The third kappa shape index (κ3) is 4.27. The van der Waals surface area contributed by atoms with Crippen molar-refractivity contribution in [3.05, 3.63) is 65.8 Å². The molecule has 2 N–H and O–H groups in total. The fourth-order valence-corrected chi connectivity index (χ4v) is 4.64. The molecule has 5 heteroatoms. The second kappa shape index (κ2) is 8.51. The van der Waals surface area contributed by atoms with Crippen LogP contribution in [0.25, 0.3) is 16.8 Å². The van der Waals surface area contributed by atoms with Crippen LogP contribution in [-0.4, -0.2) is 50.1 Å². The Hall–Kier alpha value is -2.59. The molecule has 0 radical (unpaired) electrons. The van der Waals surface area contributed by atoms with Crippen molar-refractivity contribution in [3.63, 3.8) is 0 Å². The van der Waals surface area contributed by atoms with E-state index in [9.17, 15) is 0 Å². The molecule has 164 valence electrons. The first-order valence-electron chi connectivity index (χ1n) is 11.0. The van der Waals surface area contributed by atoms with Crippen LogP contribution in [0.1, 0.15) is 25.3 Å². The lowest BCUT2D eigenvalue weighted by Gasteiger charge is -2.40. The van der Waals surface area contributed by atoms with Gasteiger partial charge in [0.25, 0.3) is 0 Å². The van der Waals surface area contributed by atoms with E-state index in [4.69, 9.17) is 11.6 Å². The van der Waals surface area contributed by atoms with Crippen molar-refractivity contribution in [2.45, 2.75) is 19.8 Å². The van der Waals surface area contributed by atoms with Gasteiger partial charge in [0.1, 0.15) is 0 Å². The van der Waals surface area contributed by atoms with Gasteiger partial charge in [-0.3, -0.25) is 0 Å². The third-order valence-corrected chi connectivity index (χ3v) is 7.22. The Balaban J connectivity index is 1.46. The summed E-state index contributed by atoms with van der Waals surface area (Å²) < 4.78 is 0. The van der Waals surface area contributed by atoms with E-state index < -0.39 is 0 Å². The van der Waals surface area contributed by atoms with E-state index in [1.165, 1.54) is 18.5 Å². The van der Waals surface area contributed by atoms with E-state index in [0.717, 1.165) is 65.0 Å². The SMILES string of the molecule is C=C(c1ccc(-c2ccc(NC)c(NC)c2)c(Cl)c1)N1CCN(C(=C)C2(C)CC2)CC1. The van der Waals surface area contributed by atoms with Crippen LogP contribution in [0.2, 0.25) is 5.02 Å². The molecule has 1 heterocycles. The highest BCUT2D eigenvalue weighted by molar-refractivity contribution is 6.33. The summed E-state index contributed by atoms with van der Waals surface area (Å²) in [6.07, 6.45) is 2.55. The monoisotopic (exact) mass is 436 g/mol. The number of hydrogen-bond donors (Lipinski definition) is 2. The van der Waals surface area contributed by atoms with E-state index in [1.54, 1.807) is 0 Å². The molecule has 2 aliphatic rings. The summed E-state index contributed by atoms with van der Waals surface area (Å²) in [4.78, 5) is 4.83. The molecule has 0 amide bonds. The van der Waals surface area contributed by atoms with Gasteiger partial charge in [-0.15, -0.1) is 0 Å². The average Bonchev–Trinajstić information content (AvgIpc) is 3.56. The van der Waals surface area contributed by atoms with Crippen LogP contribution < -0.4 is 10.6 Å². The molecule has 1 aliphatic heterocycles. The van der Waals surface area contributed by atoms with Crippen LogP contribution in [0.4, 0.5) is 11.4 Å². The van der Waals surface area contributed by atoms with E-state index >= 15 is 0 Å². The Morgan fingerprint density at radius 1 is 0.903 bits per heavy atom. The minimum Gasteiger partial charge on any atom is -0.386 e. The van der Waals surface area contributed by atoms with E-state index in [2.05, 4.69) is 70.8 Å². The quantitative estimate of drug-likeness (QED) is 0.557. The second-order valence-corrected chi connectivity index (χ2v) is 9.29. The molecule has 31 heavy (non-hydrogen) atoms. The summed E-state index contributed by atoms with van der Waals surface area (Å²) in [6.45, 7) is 15.0. The molecular formula is C26H33ClN4. The zero-order valence-corrected chi connectivity index (χ0v) is 19.6. The lowest BCUT2D eigenvalue weighted by Crippen LogP contribution is -2.45. The highest BCUT2D eigenvalue weighted by Crippen LogP contribution is 2.51. The highest BCUT2D eigenvalue weighted by atomic mass is 35.5. The molecule has 1 saturated heterocycles. The maximum atomic E-state index is 6.72. The lowest BCUT2D eigenvalue weighted by molar-refractivity contribution is 0.196. The van der Waals surface area contributed by atoms with Crippen molar-refractivity contribution in [1.29, 1.82) is 0 Å². The first-order valence-corrected chi connectivity index (χ1v) is 11.4. The van der Waals surface area contributed by atoms with Crippen LogP contribution in [0, 0.1) is 5.41 Å². The summed E-state index contributed by atoms with van der Waals surface area (Å²) in [5, 5.41) is 7.18. The van der Waals surface area contributed by atoms with Gasteiger partial charge in [-0.05, 0) is 42.2 Å². The molecule has 1 aliphatic carbocycles. The zero-order valence-electron chi connectivity index (χ0n) is 18.9. The van der Waals surface area contributed by atoms with Crippen molar-refractivity contribution in [3.8, 4) is 11.1 Å². The van der Waals surface area contributed by atoms with Crippen LogP contribution in [0.5, 0.6) is 0 Å².